The highest BCUT2D eigenvalue weighted by molar-refractivity contribution is 5.85. The van der Waals surface area contributed by atoms with Gasteiger partial charge in [-0.05, 0) is 18.8 Å². The topological polar surface area (TPSA) is 55.5 Å². The smallest absolute Gasteiger partial charge is 0.0692 e. The first-order chi connectivity index (χ1) is 4.84. The van der Waals surface area contributed by atoms with Crippen LogP contribution in [0.25, 0.3) is 0 Å². The van der Waals surface area contributed by atoms with Crippen LogP contribution in [-0.4, -0.2) is 31.0 Å². The van der Waals surface area contributed by atoms with E-state index in [-0.39, 0.29) is 18.5 Å². The number of hydrogen-bond acceptors (Lipinski definition) is 3. The van der Waals surface area contributed by atoms with Crippen LogP contribution in [0.2, 0.25) is 0 Å². The third kappa shape index (κ3) is 3.38. The fourth-order valence-electron chi connectivity index (χ4n) is 1.29. The van der Waals surface area contributed by atoms with Crippen LogP contribution in [0.4, 0.5) is 0 Å². The minimum Gasteiger partial charge on any atom is -0.392 e. The molecule has 0 bridgehead atoms. The van der Waals surface area contributed by atoms with Crippen LogP contribution in [0.15, 0.2) is 0 Å². The minimum absolute atomic E-state index is 0. The molecule has 0 spiro atoms. The molecule has 1 unspecified atom stereocenters. The van der Waals surface area contributed by atoms with E-state index in [0.717, 1.165) is 26.1 Å². The van der Waals surface area contributed by atoms with E-state index in [2.05, 4.69) is 0 Å². The Bertz CT molecular complexity index is 96.4. The van der Waals surface area contributed by atoms with Crippen LogP contribution in [0.5, 0.6) is 0 Å². The zero-order valence-electron chi connectivity index (χ0n) is 6.53. The molecule has 0 saturated carbocycles. The summed E-state index contributed by atoms with van der Waals surface area (Å²) in [4.78, 5) is 0. The highest BCUT2D eigenvalue weighted by Crippen LogP contribution is 2.17. The van der Waals surface area contributed by atoms with Crippen molar-refractivity contribution in [1.29, 1.82) is 0 Å². The van der Waals surface area contributed by atoms with Crippen molar-refractivity contribution in [2.45, 2.75) is 18.9 Å². The van der Waals surface area contributed by atoms with Crippen molar-refractivity contribution in [2.24, 2.45) is 11.7 Å². The van der Waals surface area contributed by atoms with Gasteiger partial charge in [-0.15, -0.1) is 12.4 Å². The molecule has 1 fully saturated rings. The molecule has 1 atom stereocenters. The first-order valence-corrected chi connectivity index (χ1v) is 3.80. The number of aliphatic hydroxyl groups is 1. The van der Waals surface area contributed by atoms with E-state index in [9.17, 15) is 5.11 Å². The number of ether oxygens (including phenoxy) is 1. The molecule has 0 radical (unpaired) electrons. The zero-order valence-corrected chi connectivity index (χ0v) is 7.35. The fourth-order valence-corrected chi connectivity index (χ4v) is 1.29. The second kappa shape index (κ2) is 5.77. The molecule has 68 valence electrons. The Morgan fingerprint density at radius 3 is 2.45 bits per heavy atom. The monoisotopic (exact) mass is 181 g/mol. The molecule has 1 rings (SSSR count). The number of hydrogen-bond donors (Lipinski definition) is 2. The molecule has 11 heavy (non-hydrogen) atoms. The molecule has 0 amide bonds. The van der Waals surface area contributed by atoms with E-state index in [1.807, 2.05) is 0 Å². The summed E-state index contributed by atoms with van der Waals surface area (Å²) in [5.41, 5.74) is 5.31. The van der Waals surface area contributed by atoms with Gasteiger partial charge in [0.25, 0.3) is 0 Å². The summed E-state index contributed by atoms with van der Waals surface area (Å²) in [7, 11) is 0. The van der Waals surface area contributed by atoms with Crippen molar-refractivity contribution >= 4 is 12.4 Å². The van der Waals surface area contributed by atoms with Crippen LogP contribution in [0.3, 0.4) is 0 Å². The van der Waals surface area contributed by atoms with Gasteiger partial charge in [0.1, 0.15) is 0 Å². The Morgan fingerprint density at radius 1 is 1.45 bits per heavy atom. The highest BCUT2D eigenvalue weighted by Gasteiger charge is 2.20. The molecular weight excluding hydrogens is 166 g/mol. The molecule has 1 heterocycles. The summed E-state index contributed by atoms with van der Waals surface area (Å²) >= 11 is 0. The summed E-state index contributed by atoms with van der Waals surface area (Å²) in [5, 5.41) is 9.30. The lowest BCUT2D eigenvalue weighted by Gasteiger charge is -2.25. The van der Waals surface area contributed by atoms with Gasteiger partial charge in [0.15, 0.2) is 0 Å². The summed E-state index contributed by atoms with van der Waals surface area (Å²) in [6.07, 6.45) is 1.60. The predicted molar refractivity (Wildman–Crippen MR) is 45.9 cm³/mol. The Labute approximate surface area is 73.3 Å². The third-order valence-corrected chi connectivity index (χ3v) is 2.05. The summed E-state index contributed by atoms with van der Waals surface area (Å²) < 4.78 is 5.14. The van der Waals surface area contributed by atoms with E-state index < -0.39 is 0 Å². The number of rotatable bonds is 2. The van der Waals surface area contributed by atoms with E-state index in [1.165, 1.54) is 0 Å². The van der Waals surface area contributed by atoms with Gasteiger partial charge >= 0.3 is 0 Å². The van der Waals surface area contributed by atoms with Crippen LogP contribution in [-0.2, 0) is 4.74 Å². The van der Waals surface area contributed by atoms with E-state index in [1.54, 1.807) is 0 Å². The van der Waals surface area contributed by atoms with Gasteiger partial charge in [0.2, 0.25) is 0 Å². The van der Waals surface area contributed by atoms with Crippen molar-refractivity contribution in [3.05, 3.63) is 0 Å². The summed E-state index contributed by atoms with van der Waals surface area (Å²) in [6.45, 7) is 1.94. The predicted octanol–water partition coefficient (Wildman–Crippen LogP) is 0.154. The summed E-state index contributed by atoms with van der Waals surface area (Å²) in [5.74, 6) is 0.374. The van der Waals surface area contributed by atoms with E-state index in [4.69, 9.17) is 10.5 Å². The first-order valence-electron chi connectivity index (χ1n) is 3.80. The van der Waals surface area contributed by atoms with Crippen molar-refractivity contribution < 1.29 is 9.84 Å². The number of halogens is 1. The quantitative estimate of drug-likeness (QED) is 0.638. The average molecular weight is 182 g/mol. The molecule has 1 aliphatic heterocycles. The van der Waals surface area contributed by atoms with Crippen molar-refractivity contribution in [3.63, 3.8) is 0 Å². The van der Waals surface area contributed by atoms with E-state index >= 15 is 0 Å². The molecule has 1 aliphatic rings. The molecular formula is C7H16ClNO2. The molecule has 0 aromatic heterocycles. The molecule has 0 aliphatic carbocycles. The van der Waals surface area contributed by atoms with Crippen LogP contribution in [0, 0.1) is 5.92 Å². The standard InChI is InChI=1S/C7H15NO2.ClH/c8-5-7(9)6-1-3-10-4-2-6;/h6-7,9H,1-5,8H2;1H. The minimum atomic E-state index is -0.316. The maximum Gasteiger partial charge on any atom is 0.0692 e. The fraction of sp³-hybridized carbons (Fsp3) is 1.00. The SMILES string of the molecule is Cl.NCC(O)C1CCOCC1. The molecule has 0 aromatic carbocycles. The lowest BCUT2D eigenvalue weighted by atomic mass is 9.94. The van der Waals surface area contributed by atoms with Gasteiger partial charge in [-0.3, -0.25) is 0 Å². The molecule has 0 aromatic rings. The van der Waals surface area contributed by atoms with Crippen molar-refractivity contribution in [3.8, 4) is 0 Å². The lowest BCUT2D eigenvalue weighted by Crippen LogP contribution is -2.32. The van der Waals surface area contributed by atoms with Gasteiger partial charge in [0, 0.05) is 19.8 Å². The second-order valence-electron chi connectivity index (χ2n) is 2.75. The maximum atomic E-state index is 9.30. The summed E-state index contributed by atoms with van der Waals surface area (Å²) in [6, 6.07) is 0. The number of aliphatic hydroxyl groups excluding tert-OH is 1. The molecule has 1 saturated heterocycles. The molecule has 3 nitrogen and oxygen atoms in total. The van der Waals surface area contributed by atoms with Crippen molar-refractivity contribution in [1.82, 2.24) is 0 Å². The Morgan fingerprint density at radius 2 is 2.00 bits per heavy atom. The largest absolute Gasteiger partial charge is 0.392 e. The Balaban J connectivity index is 0.000001000. The van der Waals surface area contributed by atoms with E-state index in [0.29, 0.717) is 12.5 Å². The van der Waals surface area contributed by atoms with Gasteiger partial charge in [-0.25, -0.2) is 0 Å². The normalized spacial score (nSPS) is 22.4. The molecule has 3 N–H and O–H groups in total. The maximum absolute atomic E-state index is 9.30. The van der Waals surface area contributed by atoms with Gasteiger partial charge in [0.05, 0.1) is 6.10 Å². The Kier molecular flexibility index (Phi) is 5.86. The van der Waals surface area contributed by atoms with Crippen LogP contribution in [0.1, 0.15) is 12.8 Å². The van der Waals surface area contributed by atoms with Crippen molar-refractivity contribution in [2.75, 3.05) is 19.8 Å². The van der Waals surface area contributed by atoms with Gasteiger partial charge < -0.3 is 15.6 Å². The molecule has 4 heteroatoms. The third-order valence-electron chi connectivity index (χ3n) is 2.05. The van der Waals surface area contributed by atoms with Crippen LogP contribution < -0.4 is 5.73 Å². The first kappa shape index (κ1) is 11.2. The number of nitrogens with two attached hydrogens (primary N) is 1. The Hall–Kier alpha value is 0.170. The lowest BCUT2D eigenvalue weighted by molar-refractivity contribution is 0.0116. The highest BCUT2D eigenvalue weighted by atomic mass is 35.5. The zero-order chi connectivity index (χ0) is 7.40. The second-order valence-corrected chi connectivity index (χ2v) is 2.75. The van der Waals surface area contributed by atoms with Gasteiger partial charge in [-0.2, -0.15) is 0 Å². The average Bonchev–Trinajstić information content (AvgIpc) is 2.05. The van der Waals surface area contributed by atoms with Crippen LogP contribution >= 0.6 is 12.4 Å². The van der Waals surface area contributed by atoms with Gasteiger partial charge in [-0.1, -0.05) is 0 Å².